The van der Waals surface area contributed by atoms with Crippen molar-refractivity contribution in [2.75, 3.05) is 12.3 Å². The summed E-state index contributed by atoms with van der Waals surface area (Å²) in [6.45, 7) is 9.19. The molecule has 6 heteroatoms. The monoisotopic (exact) mass is 389 g/mol. The molecule has 1 aromatic heterocycles. The second kappa shape index (κ2) is 10.5. The Morgan fingerprint density at radius 1 is 1.22 bits per heavy atom. The average molecular weight is 390 g/mol. The lowest BCUT2D eigenvalue weighted by Gasteiger charge is -2.20. The van der Waals surface area contributed by atoms with Gasteiger partial charge in [0.2, 0.25) is 5.91 Å². The molecule has 1 amide bonds. The summed E-state index contributed by atoms with van der Waals surface area (Å²) in [6.07, 6.45) is 4.04. The van der Waals surface area contributed by atoms with Crippen LogP contribution in [0, 0.1) is 5.92 Å². The minimum Gasteiger partial charge on any atom is -0.355 e. The highest BCUT2D eigenvalue weighted by Crippen LogP contribution is 2.24. The van der Waals surface area contributed by atoms with Crippen molar-refractivity contribution in [1.29, 1.82) is 0 Å². The number of rotatable bonds is 10. The van der Waals surface area contributed by atoms with E-state index in [4.69, 9.17) is 4.98 Å². The Hall–Kier alpha value is -1.82. The van der Waals surface area contributed by atoms with Crippen molar-refractivity contribution in [1.82, 2.24) is 14.9 Å². The molecule has 1 N–H and O–H groups in total. The van der Waals surface area contributed by atoms with Crippen molar-refractivity contribution in [3.8, 4) is 0 Å². The first-order chi connectivity index (χ1) is 12.9. The van der Waals surface area contributed by atoms with E-state index in [0.29, 0.717) is 28.5 Å². The third-order valence-corrected chi connectivity index (χ3v) is 5.48. The first-order valence-corrected chi connectivity index (χ1v) is 10.8. The maximum Gasteiger partial charge on any atom is 0.262 e. The van der Waals surface area contributed by atoms with E-state index in [1.165, 1.54) is 11.8 Å². The predicted octanol–water partition coefficient (Wildman–Crippen LogP) is 4.40. The summed E-state index contributed by atoms with van der Waals surface area (Å²) in [4.78, 5) is 29.8. The van der Waals surface area contributed by atoms with E-state index in [9.17, 15) is 9.59 Å². The van der Waals surface area contributed by atoms with E-state index in [2.05, 4.69) is 26.1 Å². The number of para-hydroxylation sites is 1. The maximum atomic E-state index is 13.1. The van der Waals surface area contributed by atoms with Gasteiger partial charge in [-0.25, -0.2) is 4.98 Å². The van der Waals surface area contributed by atoms with Crippen molar-refractivity contribution < 1.29 is 4.79 Å². The number of fused-ring (bicyclic) bond motifs is 1. The maximum absolute atomic E-state index is 13.1. The zero-order chi connectivity index (χ0) is 19.8. The number of nitrogens with zero attached hydrogens (tertiary/aromatic N) is 2. The van der Waals surface area contributed by atoms with Crippen LogP contribution in [0.5, 0.6) is 0 Å². The molecular formula is C21H31N3O2S. The highest BCUT2D eigenvalue weighted by atomic mass is 32.2. The van der Waals surface area contributed by atoms with Crippen molar-refractivity contribution in [2.24, 2.45) is 5.92 Å². The van der Waals surface area contributed by atoms with Crippen LogP contribution in [0.2, 0.25) is 0 Å². The van der Waals surface area contributed by atoms with Crippen LogP contribution < -0.4 is 10.9 Å². The molecule has 1 unspecified atom stereocenters. The fourth-order valence-electron chi connectivity index (χ4n) is 3.01. The number of benzene rings is 1. The normalized spacial score (nSPS) is 12.5. The number of thioether (sulfide) groups is 1. The summed E-state index contributed by atoms with van der Waals surface area (Å²) >= 11 is 1.34. The molecule has 0 fully saturated rings. The van der Waals surface area contributed by atoms with Gasteiger partial charge in [0.15, 0.2) is 5.16 Å². The fraction of sp³-hybridized carbons (Fsp3) is 0.571. The van der Waals surface area contributed by atoms with E-state index < -0.39 is 0 Å². The molecule has 2 rings (SSSR count). The average Bonchev–Trinajstić information content (AvgIpc) is 2.64. The van der Waals surface area contributed by atoms with Gasteiger partial charge in [-0.2, -0.15) is 0 Å². The number of hydrogen-bond acceptors (Lipinski definition) is 4. The summed E-state index contributed by atoms with van der Waals surface area (Å²) < 4.78 is 1.78. The Labute approximate surface area is 166 Å². The van der Waals surface area contributed by atoms with Gasteiger partial charge >= 0.3 is 0 Å². The molecule has 0 aliphatic carbocycles. The molecule has 1 atom stereocenters. The quantitative estimate of drug-likeness (QED) is 0.483. The van der Waals surface area contributed by atoms with E-state index in [0.717, 1.165) is 25.7 Å². The second-order valence-corrected chi connectivity index (χ2v) is 8.34. The van der Waals surface area contributed by atoms with Crippen molar-refractivity contribution in [2.45, 2.75) is 64.6 Å². The van der Waals surface area contributed by atoms with Crippen molar-refractivity contribution >= 4 is 28.6 Å². The molecule has 5 nitrogen and oxygen atoms in total. The summed E-state index contributed by atoms with van der Waals surface area (Å²) in [7, 11) is 0. The van der Waals surface area contributed by atoms with E-state index >= 15 is 0 Å². The second-order valence-electron chi connectivity index (χ2n) is 7.40. The molecule has 0 saturated carbocycles. The summed E-state index contributed by atoms with van der Waals surface area (Å²) in [5.74, 6) is 0.895. The van der Waals surface area contributed by atoms with E-state index in [1.807, 2.05) is 31.2 Å². The smallest absolute Gasteiger partial charge is 0.262 e. The van der Waals surface area contributed by atoms with Gasteiger partial charge in [0.05, 0.1) is 16.7 Å². The van der Waals surface area contributed by atoms with Gasteiger partial charge in [-0.15, -0.1) is 0 Å². The Balaban J connectivity index is 2.29. The highest BCUT2D eigenvalue weighted by molar-refractivity contribution is 7.99. The van der Waals surface area contributed by atoms with Crippen LogP contribution in [-0.4, -0.2) is 27.8 Å². The Morgan fingerprint density at radius 3 is 2.67 bits per heavy atom. The molecule has 148 valence electrons. The minimum atomic E-state index is -0.0248. The van der Waals surface area contributed by atoms with Crippen LogP contribution in [-0.2, 0) is 4.79 Å². The lowest BCUT2D eigenvalue weighted by molar-refractivity contribution is -0.118. The van der Waals surface area contributed by atoms with Crippen molar-refractivity contribution in [3.05, 3.63) is 34.6 Å². The molecule has 1 aromatic carbocycles. The number of amides is 1. The third kappa shape index (κ3) is 6.09. The number of nitrogens with one attached hydrogen (secondary N) is 1. The minimum absolute atomic E-state index is 0.0193. The van der Waals surface area contributed by atoms with Crippen LogP contribution in [0.3, 0.4) is 0 Å². The van der Waals surface area contributed by atoms with Gasteiger partial charge in [0.1, 0.15) is 0 Å². The van der Waals surface area contributed by atoms with Gasteiger partial charge in [-0.3, -0.25) is 14.2 Å². The predicted molar refractivity (Wildman–Crippen MR) is 113 cm³/mol. The summed E-state index contributed by atoms with van der Waals surface area (Å²) in [5.41, 5.74) is 0.665. The lowest BCUT2D eigenvalue weighted by Crippen LogP contribution is -2.28. The largest absolute Gasteiger partial charge is 0.355 e. The zero-order valence-electron chi connectivity index (χ0n) is 16.8. The van der Waals surface area contributed by atoms with Crippen LogP contribution in [0.25, 0.3) is 10.9 Å². The molecule has 0 aliphatic heterocycles. The van der Waals surface area contributed by atoms with Gasteiger partial charge in [-0.1, -0.05) is 57.5 Å². The molecule has 0 aliphatic rings. The van der Waals surface area contributed by atoms with Crippen LogP contribution >= 0.6 is 11.8 Å². The molecule has 1 heterocycles. The van der Waals surface area contributed by atoms with E-state index in [1.54, 1.807) is 4.57 Å². The first-order valence-electron chi connectivity index (χ1n) is 9.84. The fourth-order valence-corrected chi connectivity index (χ4v) is 3.94. The number of aromatic nitrogens is 2. The highest BCUT2D eigenvalue weighted by Gasteiger charge is 2.17. The summed E-state index contributed by atoms with van der Waals surface area (Å²) in [5, 5.41) is 4.13. The Morgan fingerprint density at radius 2 is 1.96 bits per heavy atom. The zero-order valence-corrected chi connectivity index (χ0v) is 17.6. The third-order valence-electron chi connectivity index (χ3n) is 4.52. The van der Waals surface area contributed by atoms with Crippen LogP contribution in [0.15, 0.2) is 34.2 Å². The first kappa shape index (κ1) is 21.5. The summed E-state index contributed by atoms with van der Waals surface area (Å²) in [6, 6.07) is 7.48. The molecule has 2 aromatic rings. The van der Waals surface area contributed by atoms with Crippen molar-refractivity contribution in [3.63, 3.8) is 0 Å². The lowest BCUT2D eigenvalue weighted by atomic mass is 10.0. The van der Waals surface area contributed by atoms with E-state index in [-0.39, 0.29) is 23.3 Å². The molecular weight excluding hydrogens is 358 g/mol. The number of hydrogen-bond donors (Lipinski definition) is 1. The molecule has 27 heavy (non-hydrogen) atoms. The van der Waals surface area contributed by atoms with Gasteiger partial charge < -0.3 is 5.32 Å². The van der Waals surface area contributed by atoms with Gasteiger partial charge in [0, 0.05) is 12.6 Å². The van der Waals surface area contributed by atoms with Crippen LogP contribution in [0.4, 0.5) is 0 Å². The molecule has 0 bridgehead atoms. The SMILES string of the molecule is CCCNC(=O)CSc1nc2ccccc2c(=O)n1C(C)CCCC(C)C. The topological polar surface area (TPSA) is 64.0 Å². The van der Waals surface area contributed by atoms with Gasteiger partial charge in [-0.05, 0) is 37.8 Å². The molecule has 0 radical (unpaired) electrons. The Bertz CT molecular complexity index is 817. The van der Waals surface area contributed by atoms with Gasteiger partial charge in [0.25, 0.3) is 5.56 Å². The Kier molecular flexibility index (Phi) is 8.35. The standard InChI is InChI=1S/C21H31N3O2S/c1-5-13-22-19(25)14-27-21-23-18-12-7-6-11-17(18)20(26)24(21)16(4)10-8-9-15(2)3/h6-7,11-12,15-16H,5,8-10,13-14H2,1-4H3,(H,22,25). The molecule has 0 spiro atoms. The number of carbonyl (C=O) groups excluding carboxylic acids is 1. The van der Waals surface area contributed by atoms with Crippen LogP contribution in [0.1, 0.15) is 59.4 Å². The molecule has 0 saturated heterocycles. The number of carbonyl (C=O) groups is 1.